The van der Waals surface area contributed by atoms with Gasteiger partial charge in [0.1, 0.15) is 5.82 Å². The Morgan fingerprint density at radius 1 is 1.39 bits per heavy atom. The zero-order valence-electron chi connectivity index (χ0n) is 9.92. The van der Waals surface area contributed by atoms with E-state index in [1.165, 1.54) is 0 Å². The fourth-order valence-electron chi connectivity index (χ4n) is 1.95. The Kier molecular flexibility index (Phi) is 2.51. The molecule has 5 heteroatoms. The highest BCUT2D eigenvalue weighted by molar-refractivity contribution is 5.96. The Morgan fingerprint density at radius 3 is 3.06 bits per heavy atom. The van der Waals surface area contributed by atoms with Crippen molar-refractivity contribution in [2.24, 2.45) is 0 Å². The van der Waals surface area contributed by atoms with Crippen molar-refractivity contribution in [1.29, 1.82) is 0 Å². The first-order valence-corrected chi connectivity index (χ1v) is 5.76. The second-order valence-corrected chi connectivity index (χ2v) is 3.94. The molecule has 0 bridgehead atoms. The highest BCUT2D eigenvalue weighted by atomic mass is 16.7. The minimum Gasteiger partial charge on any atom is -0.454 e. The van der Waals surface area contributed by atoms with Gasteiger partial charge >= 0.3 is 0 Å². The molecule has 0 N–H and O–H groups in total. The molecule has 1 aliphatic rings. The summed E-state index contributed by atoms with van der Waals surface area (Å²) >= 11 is 0. The van der Waals surface area contributed by atoms with Crippen molar-refractivity contribution in [2.45, 2.75) is 13.3 Å². The summed E-state index contributed by atoms with van der Waals surface area (Å²) in [5.41, 5.74) is 0.562. The van der Waals surface area contributed by atoms with Gasteiger partial charge in [0, 0.05) is 24.4 Å². The van der Waals surface area contributed by atoms with Crippen LogP contribution in [0.15, 0.2) is 30.6 Å². The maximum Gasteiger partial charge on any atom is 0.263 e. The molecule has 0 spiro atoms. The van der Waals surface area contributed by atoms with Gasteiger partial charge in [0.2, 0.25) is 6.79 Å². The quantitative estimate of drug-likeness (QED) is 0.809. The van der Waals surface area contributed by atoms with E-state index in [4.69, 9.17) is 9.47 Å². The summed E-state index contributed by atoms with van der Waals surface area (Å²) in [6, 6.07) is 5.18. The number of hydrogen-bond acceptors (Lipinski definition) is 4. The Morgan fingerprint density at radius 2 is 2.22 bits per heavy atom. The van der Waals surface area contributed by atoms with Crippen LogP contribution < -0.4 is 9.47 Å². The molecule has 0 saturated heterocycles. The van der Waals surface area contributed by atoms with Crippen LogP contribution >= 0.6 is 0 Å². The van der Waals surface area contributed by atoms with E-state index in [1.54, 1.807) is 35.2 Å². The van der Waals surface area contributed by atoms with E-state index in [2.05, 4.69) is 4.98 Å². The minimum atomic E-state index is -0.109. The van der Waals surface area contributed by atoms with Crippen molar-refractivity contribution in [3.05, 3.63) is 42.0 Å². The van der Waals surface area contributed by atoms with E-state index < -0.39 is 0 Å². The van der Waals surface area contributed by atoms with Gasteiger partial charge < -0.3 is 9.47 Å². The normalized spacial score (nSPS) is 12.7. The summed E-state index contributed by atoms with van der Waals surface area (Å²) in [4.78, 5) is 16.5. The van der Waals surface area contributed by atoms with Gasteiger partial charge in [-0.05, 0) is 18.2 Å². The third-order valence-corrected chi connectivity index (χ3v) is 2.87. The molecule has 1 aromatic heterocycles. The Labute approximate surface area is 104 Å². The van der Waals surface area contributed by atoms with Crippen LogP contribution in [-0.4, -0.2) is 22.3 Å². The minimum absolute atomic E-state index is 0.109. The number of aromatic nitrogens is 2. The van der Waals surface area contributed by atoms with Crippen molar-refractivity contribution in [3.63, 3.8) is 0 Å². The average molecular weight is 244 g/mol. The largest absolute Gasteiger partial charge is 0.454 e. The van der Waals surface area contributed by atoms with Gasteiger partial charge in [-0.1, -0.05) is 6.92 Å². The van der Waals surface area contributed by atoms with Gasteiger partial charge in [0.25, 0.3) is 5.91 Å². The van der Waals surface area contributed by atoms with Crippen LogP contribution in [0, 0.1) is 0 Å². The van der Waals surface area contributed by atoms with E-state index in [-0.39, 0.29) is 12.7 Å². The van der Waals surface area contributed by atoms with Crippen LogP contribution in [0.5, 0.6) is 11.5 Å². The topological polar surface area (TPSA) is 53.4 Å². The molecular weight excluding hydrogens is 232 g/mol. The Balaban J connectivity index is 1.98. The second kappa shape index (κ2) is 4.18. The number of aryl methyl sites for hydroxylation is 1. The van der Waals surface area contributed by atoms with Gasteiger partial charge in [-0.2, -0.15) is 0 Å². The van der Waals surface area contributed by atoms with Crippen LogP contribution in [0.2, 0.25) is 0 Å². The molecule has 1 aliphatic heterocycles. The third-order valence-electron chi connectivity index (χ3n) is 2.87. The predicted molar refractivity (Wildman–Crippen MR) is 63.9 cm³/mol. The Bertz CT molecular complexity index is 604. The van der Waals surface area contributed by atoms with Gasteiger partial charge in [-0.3, -0.25) is 9.36 Å². The molecule has 0 radical (unpaired) electrons. The lowest BCUT2D eigenvalue weighted by atomic mass is 10.2. The lowest BCUT2D eigenvalue weighted by Gasteiger charge is -2.05. The van der Waals surface area contributed by atoms with Crippen molar-refractivity contribution in [2.75, 3.05) is 6.79 Å². The number of benzene rings is 1. The van der Waals surface area contributed by atoms with E-state index in [0.29, 0.717) is 23.5 Å². The smallest absolute Gasteiger partial charge is 0.263 e. The van der Waals surface area contributed by atoms with Crippen molar-refractivity contribution in [1.82, 2.24) is 9.55 Å². The molecule has 0 amide bonds. The maximum atomic E-state index is 12.3. The molecule has 0 atom stereocenters. The van der Waals surface area contributed by atoms with E-state index in [1.807, 2.05) is 6.92 Å². The fourth-order valence-corrected chi connectivity index (χ4v) is 1.95. The monoisotopic (exact) mass is 244 g/mol. The molecule has 5 nitrogen and oxygen atoms in total. The van der Waals surface area contributed by atoms with Gasteiger partial charge in [-0.25, -0.2) is 4.98 Å². The van der Waals surface area contributed by atoms with Crippen LogP contribution in [0.25, 0.3) is 0 Å². The van der Waals surface area contributed by atoms with Crippen LogP contribution in [0.4, 0.5) is 0 Å². The van der Waals surface area contributed by atoms with Gasteiger partial charge in [0.05, 0.1) is 0 Å². The number of carbonyl (C=O) groups excluding carboxylic acids is 1. The molecule has 0 aliphatic carbocycles. The first-order chi connectivity index (χ1) is 8.79. The number of imidazole rings is 1. The predicted octanol–water partition coefficient (Wildman–Crippen LogP) is 1.86. The fraction of sp³-hybridized carbons (Fsp3) is 0.231. The average Bonchev–Trinajstić information content (AvgIpc) is 3.05. The van der Waals surface area contributed by atoms with Gasteiger partial charge in [-0.15, -0.1) is 0 Å². The summed E-state index contributed by atoms with van der Waals surface area (Å²) in [6.45, 7) is 2.17. The molecule has 92 valence electrons. The SMILES string of the molecule is CCc1nccn1C(=O)c1ccc2c(c1)OCO2. The van der Waals surface area contributed by atoms with Crippen molar-refractivity contribution >= 4 is 5.91 Å². The standard InChI is InChI=1S/C13H12N2O3/c1-2-12-14-5-6-15(12)13(16)9-3-4-10-11(7-9)18-8-17-10/h3-7H,2,8H2,1H3. The van der Waals surface area contributed by atoms with Crippen LogP contribution in [0.3, 0.4) is 0 Å². The maximum absolute atomic E-state index is 12.3. The molecule has 0 saturated carbocycles. The van der Waals surface area contributed by atoms with E-state index >= 15 is 0 Å². The molecule has 18 heavy (non-hydrogen) atoms. The lowest BCUT2D eigenvalue weighted by Crippen LogP contribution is -2.14. The second-order valence-electron chi connectivity index (χ2n) is 3.94. The molecule has 2 aromatic rings. The first kappa shape index (κ1) is 10.8. The number of carbonyl (C=O) groups is 1. The number of rotatable bonds is 2. The number of nitrogens with zero attached hydrogens (tertiary/aromatic N) is 2. The zero-order chi connectivity index (χ0) is 12.5. The lowest BCUT2D eigenvalue weighted by molar-refractivity contribution is 0.0956. The molecule has 0 unspecified atom stereocenters. The first-order valence-electron chi connectivity index (χ1n) is 5.76. The zero-order valence-corrected chi connectivity index (χ0v) is 9.92. The molecule has 1 aromatic carbocycles. The van der Waals surface area contributed by atoms with Gasteiger partial charge in [0.15, 0.2) is 11.5 Å². The van der Waals surface area contributed by atoms with E-state index in [0.717, 1.165) is 5.82 Å². The Hall–Kier alpha value is -2.30. The summed E-state index contributed by atoms with van der Waals surface area (Å²) in [6.07, 6.45) is 4.01. The summed E-state index contributed by atoms with van der Waals surface area (Å²) in [5, 5.41) is 0. The van der Waals surface area contributed by atoms with E-state index in [9.17, 15) is 4.79 Å². The van der Waals surface area contributed by atoms with Crippen LogP contribution in [-0.2, 0) is 6.42 Å². The molecule has 3 rings (SSSR count). The highest BCUT2D eigenvalue weighted by Gasteiger charge is 2.18. The molecule has 0 fully saturated rings. The summed E-state index contributed by atoms with van der Waals surface area (Å²) in [7, 11) is 0. The van der Waals surface area contributed by atoms with Crippen LogP contribution in [0.1, 0.15) is 23.1 Å². The summed E-state index contributed by atoms with van der Waals surface area (Å²) < 4.78 is 12.0. The number of ether oxygens (including phenoxy) is 2. The third kappa shape index (κ3) is 1.64. The highest BCUT2D eigenvalue weighted by Crippen LogP contribution is 2.32. The summed E-state index contributed by atoms with van der Waals surface area (Å²) in [5.74, 6) is 1.92. The number of fused-ring (bicyclic) bond motifs is 1. The number of hydrogen-bond donors (Lipinski definition) is 0. The van der Waals surface area contributed by atoms with Crippen molar-refractivity contribution < 1.29 is 14.3 Å². The van der Waals surface area contributed by atoms with Crippen molar-refractivity contribution in [3.8, 4) is 11.5 Å². The molecular formula is C13H12N2O3. The molecule has 2 heterocycles.